The number of rotatable bonds is 52. The fraction of sp³-hybridized carbons (Fsp3) is 0.885. The Kier molecular flexibility index (Phi) is 47.6. The predicted molar refractivity (Wildman–Crippen MR) is 298 cm³/mol. The summed E-state index contributed by atoms with van der Waals surface area (Å²) in [4.78, 5) is 13.2. The second-order valence-electron chi connectivity index (χ2n) is 21.4. The van der Waals surface area contributed by atoms with Gasteiger partial charge in [-0.1, -0.05) is 237 Å². The number of aliphatic hydroxyl groups excluding tert-OH is 7. The van der Waals surface area contributed by atoms with Crippen molar-refractivity contribution < 1.29 is 50.0 Å². The van der Waals surface area contributed by atoms with Crippen LogP contribution in [-0.4, -0.2) is 110 Å². The Morgan fingerprint density at radius 3 is 1.24 bits per heavy atom. The maximum absolute atomic E-state index is 13.2. The van der Waals surface area contributed by atoms with Crippen LogP contribution in [0.3, 0.4) is 0 Å². The van der Waals surface area contributed by atoms with Crippen LogP contribution < -0.4 is 5.32 Å². The lowest BCUT2D eigenvalue weighted by atomic mass is 9.98. The molecule has 1 saturated heterocycles. The molecule has 8 N–H and O–H groups in total. The van der Waals surface area contributed by atoms with Gasteiger partial charge in [0, 0.05) is 0 Å². The zero-order valence-corrected chi connectivity index (χ0v) is 46.4. The Bertz CT molecular complexity index is 1260. The number of hydrogen-bond donors (Lipinski definition) is 8. The molecule has 424 valence electrons. The van der Waals surface area contributed by atoms with Crippen molar-refractivity contribution in [3.63, 3.8) is 0 Å². The van der Waals surface area contributed by atoms with E-state index in [4.69, 9.17) is 9.47 Å². The summed E-state index contributed by atoms with van der Waals surface area (Å²) in [5.41, 5.74) is 0. The van der Waals surface area contributed by atoms with Crippen molar-refractivity contribution in [2.75, 3.05) is 13.2 Å². The van der Waals surface area contributed by atoms with Crippen LogP contribution in [0.15, 0.2) is 36.5 Å². The third-order valence-electron chi connectivity index (χ3n) is 14.6. The summed E-state index contributed by atoms with van der Waals surface area (Å²) >= 11 is 0. The minimum atomic E-state index is -1.67. The van der Waals surface area contributed by atoms with Gasteiger partial charge in [0.05, 0.1) is 25.4 Å². The van der Waals surface area contributed by atoms with E-state index in [0.29, 0.717) is 19.3 Å². The van der Waals surface area contributed by atoms with E-state index in [1.807, 2.05) is 0 Å². The number of carbonyl (C=O) groups excluding carboxylic acids is 1. The summed E-state index contributed by atoms with van der Waals surface area (Å²) in [7, 11) is 0. The monoisotopic (exact) mass is 1020 g/mol. The average molecular weight is 1020 g/mol. The number of carbonyl (C=O) groups is 1. The summed E-state index contributed by atoms with van der Waals surface area (Å²) in [6.07, 6.45) is 50.7. The molecule has 1 heterocycles. The van der Waals surface area contributed by atoms with E-state index < -0.39 is 74.2 Å². The molecule has 72 heavy (non-hydrogen) atoms. The van der Waals surface area contributed by atoms with Crippen LogP contribution in [0.2, 0.25) is 0 Å². The summed E-state index contributed by atoms with van der Waals surface area (Å²) in [6, 6.07) is -1.19. The van der Waals surface area contributed by atoms with Crippen molar-refractivity contribution in [3.8, 4) is 0 Å². The average Bonchev–Trinajstić information content (AvgIpc) is 3.38. The Hall–Kier alpha value is -1.67. The van der Waals surface area contributed by atoms with Crippen molar-refractivity contribution in [1.29, 1.82) is 0 Å². The van der Waals surface area contributed by atoms with Crippen LogP contribution in [0.1, 0.15) is 277 Å². The zero-order chi connectivity index (χ0) is 52.5. The lowest BCUT2D eigenvalue weighted by molar-refractivity contribution is -0.303. The molecular formula is C61H115NO10. The fourth-order valence-electron chi connectivity index (χ4n) is 9.69. The van der Waals surface area contributed by atoms with Crippen LogP contribution in [0.4, 0.5) is 0 Å². The lowest BCUT2D eigenvalue weighted by Crippen LogP contribution is -2.60. The van der Waals surface area contributed by atoms with Crippen molar-refractivity contribution >= 4 is 5.91 Å². The minimum absolute atomic E-state index is 0.247. The summed E-state index contributed by atoms with van der Waals surface area (Å²) in [5.74, 6) is -0.708. The quantitative estimate of drug-likeness (QED) is 0.0215. The Labute approximate surface area is 441 Å². The number of allylic oxidation sites excluding steroid dienone is 6. The lowest BCUT2D eigenvalue weighted by Gasteiger charge is -2.40. The third-order valence-corrected chi connectivity index (χ3v) is 14.6. The number of nitrogens with one attached hydrogen (secondary N) is 1. The SMILES string of the molecule is CCCCCCCCCC/C=C/CC/C=C/CCCC(O)C(O)C(COC1OC(CO)C(O)C(O)C1O)NC(=O)C(O)CCCCCCCCCCCCCC/C=C\CCCCCCCCCCCCCC. The topological polar surface area (TPSA) is 189 Å². The van der Waals surface area contributed by atoms with Gasteiger partial charge in [-0.2, -0.15) is 0 Å². The maximum atomic E-state index is 13.2. The van der Waals surface area contributed by atoms with Gasteiger partial charge in [-0.25, -0.2) is 0 Å². The normalized spacial score (nSPS) is 20.3. The maximum Gasteiger partial charge on any atom is 0.249 e. The Morgan fingerprint density at radius 2 is 0.833 bits per heavy atom. The summed E-state index contributed by atoms with van der Waals surface area (Å²) < 4.78 is 11.1. The highest BCUT2D eigenvalue weighted by Crippen LogP contribution is 2.23. The predicted octanol–water partition coefficient (Wildman–Crippen LogP) is 13.1. The molecule has 1 amide bonds. The standard InChI is InChI=1S/C61H115NO10/c1-3-5-7-9-11-13-15-17-19-21-22-23-24-25-26-27-28-29-30-31-33-35-37-39-41-43-45-47-49-54(65)60(70)62-52(51-71-61-59(69)58(68)57(67)55(50-63)72-61)56(66)53(64)48-46-44-42-40-38-36-34-32-20-18-16-14-12-10-8-6-4-2/h25-26,32,34,40,42,52-59,61,63-69H,3-24,27-31,33,35-39,41,43-51H2,1-2H3,(H,62,70)/b26-25-,34-32+,42-40+. The van der Waals surface area contributed by atoms with Crippen molar-refractivity contribution in [3.05, 3.63) is 36.5 Å². The number of ether oxygens (including phenoxy) is 2. The molecule has 9 atom stereocenters. The molecule has 1 aliphatic rings. The first-order chi connectivity index (χ1) is 35.2. The van der Waals surface area contributed by atoms with Crippen LogP contribution in [-0.2, 0) is 14.3 Å². The van der Waals surface area contributed by atoms with Gasteiger partial charge in [-0.15, -0.1) is 0 Å². The van der Waals surface area contributed by atoms with E-state index in [2.05, 4.69) is 55.6 Å². The number of unbranched alkanes of at least 4 members (excludes halogenated alkanes) is 34. The molecule has 0 aliphatic carbocycles. The molecule has 0 saturated carbocycles. The highest BCUT2D eigenvalue weighted by atomic mass is 16.7. The molecule has 9 unspecified atom stereocenters. The van der Waals surface area contributed by atoms with Gasteiger partial charge in [0.15, 0.2) is 6.29 Å². The van der Waals surface area contributed by atoms with E-state index >= 15 is 0 Å². The van der Waals surface area contributed by atoms with Gasteiger partial charge in [0.2, 0.25) is 5.91 Å². The molecule has 11 heteroatoms. The molecule has 0 bridgehead atoms. The molecule has 11 nitrogen and oxygen atoms in total. The molecule has 0 radical (unpaired) electrons. The molecular weight excluding hydrogens is 907 g/mol. The van der Waals surface area contributed by atoms with Crippen molar-refractivity contribution in [2.24, 2.45) is 0 Å². The zero-order valence-electron chi connectivity index (χ0n) is 46.4. The molecule has 1 fully saturated rings. The highest BCUT2D eigenvalue weighted by Gasteiger charge is 2.44. The fourth-order valence-corrected chi connectivity index (χ4v) is 9.69. The molecule has 1 aliphatic heterocycles. The van der Waals surface area contributed by atoms with Gasteiger partial charge in [-0.3, -0.25) is 4.79 Å². The van der Waals surface area contributed by atoms with Crippen LogP contribution in [0.5, 0.6) is 0 Å². The van der Waals surface area contributed by atoms with Gasteiger partial charge in [0.25, 0.3) is 0 Å². The molecule has 0 spiro atoms. The Balaban J connectivity index is 2.27. The number of hydrogen-bond acceptors (Lipinski definition) is 10. The molecule has 0 aromatic heterocycles. The van der Waals surface area contributed by atoms with E-state index in [1.54, 1.807) is 0 Å². The van der Waals surface area contributed by atoms with Gasteiger partial charge < -0.3 is 50.5 Å². The molecule has 0 aromatic carbocycles. The summed E-state index contributed by atoms with van der Waals surface area (Å²) in [6.45, 7) is 3.45. The van der Waals surface area contributed by atoms with Gasteiger partial charge >= 0.3 is 0 Å². The van der Waals surface area contributed by atoms with Crippen LogP contribution in [0.25, 0.3) is 0 Å². The van der Waals surface area contributed by atoms with Gasteiger partial charge in [0.1, 0.15) is 36.6 Å². The molecule has 1 rings (SSSR count). The summed E-state index contributed by atoms with van der Waals surface area (Å²) in [5, 5.41) is 76.1. The molecule has 0 aromatic rings. The van der Waals surface area contributed by atoms with E-state index in [1.165, 1.54) is 193 Å². The smallest absolute Gasteiger partial charge is 0.249 e. The third kappa shape index (κ3) is 38.0. The number of amides is 1. The van der Waals surface area contributed by atoms with E-state index in [0.717, 1.165) is 38.5 Å². The number of aliphatic hydroxyl groups is 7. The van der Waals surface area contributed by atoms with Crippen molar-refractivity contribution in [2.45, 2.75) is 332 Å². The second kappa shape index (κ2) is 50.2. The Morgan fingerprint density at radius 1 is 0.472 bits per heavy atom. The van der Waals surface area contributed by atoms with Gasteiger partial charge in [-0.05, 0) is 77.0 Å². The minimum Gasteiger partial charge on any atom is -0.394 e. The van der Waals surface area contributed by atoms with Crippen molar-refractivity contribution in [1.82, 2.24) is 5.32 Å². The second-order valence-corrected chi connectivity index (χ2v) is 21.4. The van der Waals surface area contributed by atoms with E-state index in [9.17, 15) is 40.5 Å². The highest BCUT2D eigenvalue weighted by molar-refractivity contribution is 5.80. The first-order valence-electron chi connectivity index (χ1n) is 30.4. The van der Waals surface area contributed by atoms with E-state index in [-0.39, 0.29) is 12.8 Å². The van der Waals surface area contributed by atoms with Crippen LogP contribution in [0, 0.1) is 0 Å². The first kappa shape index (κ1) is 68.3. The van der Waals surface area contributed by atoms with Crippen LogP contribution >= 0.6 is 0 Å². The first-order valence-corrected chi connectivity index (χ1v) is 30.4. The largest absolute Gasteiger partial charge is 0.394 e.